The van der Waals surface area contributed by atoms with Crippen LogP contribution in [0.25, 0.3) is 0 Å². The maximum absolute atomic E-state index is 11.4. The van der Waals surface area contributed by atoms with Gasteiger partial charge in [0, 0.05) is 38.8 Å². The van der Waals surface area contributed by atoms with Crippen molar-refractivity contribution in [2.75, 3.05) is 31.1 Å². The minimum absolute atomic E-state index is 0.119. The SMILES string of the molecule is CC(=O)N1CCN(c2nc3c(cc2C#N)CCCC3)CC1. The van der Waals surface area contributed by atoms with E-state index in [0.717, 1.165) is 37.4 Å². The third-order valence-corrected chi connectivity index (χ3v) is 4.43. The van der Waals surface area contributed by atoms with Gasteiger partial charge in [0.2, 0.25) is 5.91 Å². The summed E-state index contributed by atoms with van der Waals surface area (Å²) in [6.45, 7) is 4.52. The van der Waals surface area contributed by atoms with E-state index in [-0.39, 0.29) is 5.91 Å². The van der Waals surface area contributed by atoms with Crippen molar-refractivity contribution in [1.29, 1.82) is 5.26 Å². The van der Waals surface area contributed by atoms with Crippen LogP contribution in [0.5, 0.6) is 0 Å². The lowest BCUT2D eigenvalue weighted by Gasteiger charge is -2.35. The standard InChI is InChI=1S/C16H20N4O/c1-12(21)19-6-8-20(9-7-19)16-14(11-17)10-13-4-2-3-5-15(13)18-16/h10H,2-9H2,1H3. The Hall–Kier alpha value is -2.09. The second-order valence-electron chi connectivity index (χ2n) is 5.78. The molecule has 0 spiro atoms. The van der Waals surface area contributed by atoms with Gasteiger partial charge in [0.25, 0.3) is 0 Å². The second-order valence-corrected chi connectivity index (χ2v) is 5.78. The second kappa shape index (κ2) is 5.72. The Balaban J connectivity index is 1.85. The Morgan fingerprint density at radius 3 is 2.62 bits per heavy atom. The zero-order valence-electron chi connectivity index (χ0n) is 12.4. The number of carbonyl (C=O) groups is 1. The fourth-order valence-corrected chi connectivity index (χ4v) is 3.18. The Kier molecular flexibility index (Phi) is 3.78. The van der Waals surface area contributed by atoms with Crippen molar-refractivity contribution in [3.05, 3.63) is 22.9 Å². The molecule has 5 heteroatoms. The van der Waals surface area contributed by atoms with Gasteiger partial charge in [-0.15, -0.1) is 0 Å². The lowest BCUT2D eigenvalue weighted by atomic mass is 9.95. The molecular formula is C16H20N4O. The van der Waals surface area contributed by atoms with E-state index in [0.29, 0.717) is 18.7 Å². The van der Waals surface area contributed by atoms with Crippen molar-refractivity contribution in [1.82, 2.24) is 9.88 Å². The summed E-state index contributed by atoms with van der Waals surface area (Å²) < 4.78 is 0. The monoisotopic (exact) mass is 284 g/mol. The summed E-state index contributed by atoms with van der Waals surface area (Å²) in [6.07, 6.45) is 4.43. The molecule has 1 fully saturated rings. The number of hydrogen-bond acceptors (Lipinski definition) is 4. The largest absolute Gasteiger partial charge is 0.352 e. The van der Waals surface area contributed by atoms with E-state index in [1.807, 2.05) is 11.0 Å². The van der Waals surface area contributed by atoms with Gasteiger partial charge in [-0.25, -0.2) is 4.98 Å². The molecule has 2 aliphatic rings. The van der Waals surface area contributed by atoms with Crippen molar-refractivity contribution in [2.24, 2.45) is 0 Å². The molecule has 110 valence electrons. The number of amides is 1. The summed E-state index contributed by atoms with van der Waals surface area (Å²) in [5, 5.41) is 9.41. The Labute approximate surface area is 125 Å². The molecule has 0 atom stereocenters. The molecule has 5 nitrogen and oxygen atoms in total. The smallest absolute Gasteiger partial charge is 0.219 e. The highest BCUT2D eigenvalue weighted by Crippen LogP contribution is 2.27. The summed E-state index contributed by atoms with van der Waals surface area (Å²) in [7, 11) is 0. The summed E-state index contributed by atoms with van der Waals surface area (Å²) in [6, 6.07) is 4.31. The lowest BCUT2D eigenvalue weighted by molar-refractivity contribution is -0.129. The van der Waals surface area contributed by atoms with Crippen molar-refractivity contribution in [3.8, 4) is 6.07 Å². The number of pyridine rings is 1. The highest BCUT2D eigenvalue weighted by atomic mass is 16.2. The molecule has 1 aliphatic carbocycles. The molecule has 1 aromatic heterocycles. The third-order valence-electron chi connectivity index (χ3n) is 4.43. The number of nitriles is 1. The van der Waals surface area contributed by atoms with E-state index in [1.165, 1.54) is 18.4 Å². The molecule has 0 N–H and O–H groups in total. The molecule has 0 bridgehead atoms. The van der Waals surface area contributed by atoms with Crippen LogP contribution in [-0.4, -0.2) is 42.0 Å². The van der Waals surface area contributed by atoms with Gasteiger partial charge in [0.15, 0.2) is 0 Å². The quantitative estimate of drug-likeness (QED) is 0.784. The molecule has 1 aliphatic heterocycles. The fourth-order valence-electron chi connectivity index (χ4n) is 3.18. The van der Waals surface area contributed by atoms with Crippen molar-refractivity contribution >= 4 is 11.7 Å². The molecule has 2 heterocycles. The van der Waals surface area contributed by atoms with Crippen LogP contribution in [0.2, 0.25) is 0 Å². The number of rotatable bonds is 1. The highest BCUT2D eigenvalue weighted by molar-refractivity contribution is 5.73. The zero-order valence-corrected chi connectivity index (χ0v) is 12.4. The molecule has 3 rings (SSSR count). The van der Waals surface area contributed by atoms with Crippen molar-refractivity contribution < 1.29 is 4.79 Å². The first kappa shape index (κ1) is 13.9. The van der Waals surface area contributed by atoms with Gasteiger partial charge in [-0.2, -0.15) is 5.26 Å². The van der Waals surface area contributed by atoms with Crippen molar-refractivity contribution in [3.63, 3.8) is 0 Å². The topological polar surface area (TPSA) is 60.2 Å². The van der Waals surface area contributed by atoms with E-state index in [1.54, 1.807) is 6.92 Å². The molecule has 0 unspecified atom stereocenters. The maximum atomic E-state index is 11.4. The average molecular weight is 284 g/mol. The molecular weight excluding hydrogens is 264 g/mol. The first-order chi connectivity index (χ1) is 10.2. The van der Waals surface area contributed by atoms with Gasteiger partial charge in [0.05, 0.1) is 5.56 Å². The average Bonchev–Trinajstić information content (AvgIpc) is 2.53. The predicted molar refractivity (Wildman–Crippen MR) is 80.1 cm³/mol. The number of aromatic nitrogens is 1. The molecule has 1 aromatic rings. The van der Waals surface area contributed by atoms with Crippen LogP contribution in [0.15, 0.2) is 6.07 Å². The van der Waals surface area contributed by atoms with E-state index < -0.39 is 0 Å². The molecule has 1 saturated heterocycles. The Morgan fingerprint density at radius 1 is 1.24 bits per heavy atom. The minimum Gasteiger partial charge on any atom is -0.352 e. The van der Waals surface area contributed by atoms with E-state index in [9.17, 15) is 10.1 Å². The molecule has 21 heavy (non-hydrogen) atoms. The molecule has 1 amide bonds. The van der Waals surface area contributed by atoms with Gasteiger partial charge in [0.1, 0.15) is 11.9 Å². The third kappa shape index (κ3) is 2.71. The van der Waals surface area contributed by atoms with Gasteiger partial charge >= 0.3 is 0 Å². The first-order valence-electron chi connectivity index (χ1n) is 7.62. The number of anilines is 1. The summed E-state index contributed by atoms with van der Waals surface area (Å²) in [5.74, 6) is 0.926. The van der Waals surface area contributed by atoms with Crippen LogP contribution >= 0.6 is 0 Å². The summed E-state index contributed by atoms with van der Waals surface area (Å²) in [4.78, 5) is 20.2. The number of nitrogens with zero attached hydrogens (tertiary/aromatic N) is 4. The molecule has 0 saturated carbocycles. The van der Waals surface area contributed by atoms with E-state index in [4.69, 9.17) is 4.98 Å². The zero-order chi connectivity index (χ0) is 14.8. The summed E-state index contributed by atoms with van der Waals surface area (Å²) in [5.41, 5.74) is 3.07. The number of piperazine rings is 1. The van der Waals surface area contributed by atoms with Gasteiger partial charge in [-0.1, -0.05) is 0 Å². The van der Waals surface area contributed by atoms with Crippen molar-refractivity contribution in [2.45, 2.75) is 32.6 Å². The molecule has 0 radical (unpaired) electrons. The predicted octanol–water partition coefficient (Wildman–Crippen LogP) is 1.50. The van der Waals surface area contributed by atoms with Crippen LogP contribution in [0.4, 0.5) is 5.82 Å². The van der Waals surface area contributed by atoms with Gasteiger partial charge in [-0.05, 0) is 37.3 Å². The first-order valence-corrected chi connectivity index (χ1v) is 7.62. The Bertz CT molecular complexity index is 597. The van der Waals surface area contributed by atoms with Crippen LogP contribution in [0.1, 0.15) is 36.6 Å². The number of carbonyl (C=O) groups excluding carboxylic acids is 1. The maximum Gasteiger partial charge on any atom is 0.219 e. The molecule has 0 aromatic carbocycles. The van der Waals surface area contributed by atoms with E-state index >= 15 is 0 Å². The number of hydrogen-bond donors (Lipinski definition) is 0. The minimum atomic E-state index is 0.119. The van der Waals surface area contributed by atoms with Crippen LogP contribution in [-0.2, 0) is 17.6 Å². The van der Waals surface area contributed by atoms with Crippen LogP contribution in [0.3, 0.4) is 0 Å². The van der Waals surface area contributed by atoms with Gasteiger partial charge in [-0.3, -0.25) is 4.79 Å². The van der Waals surface area contributed by atoms with Crippen LogP contribution in [0, 0.1) is 11.3 Å². The Morgan fingerprint density at radius 2 is 1.95 bits per heavy atom. The lowest BCUT2D eigenvalue weighted by Crippen LogP contribution is -2.48. The normalized spacial score (nSPS) is 18.1. The van der Waals surface area contributed by atoms with Gasteiger partial charge < -0.3 is 9.80 Å². The number of aryl methyl sites for hydroxylation is 2. The fraction of sp³-hybridized carbons (Fsp3) is 0.562. The van der Waals surface area contributed by atoms with E-state index in [2.05, 4.69) is 11.0 Å². The highest BCUT2D eigenvalue weighted by Gasteiger charge is 2.23. The summed E-state index contributed by atoms with van der Waals surface area (Å²) >= 11 is 0. The van der Waals surface area contributed by atoms with Crippen LogP contribution < -0.4 is 4.90 Å². The number of fused-ring (bicyclic) bond motifs is 1.